The summed E-state index contributed by atoms with van der Waals surface area (Å²) in [7, 11) is 1.75. The first-order valence-electron chi connectivity index (χ1n) is 10.1. The fraction of sp³-hybridized carbons (Fsp3) is 0.364. The Morgan fingerprint density at radius 1 is 1.10 bits per heavy atom. The van der Waals surface area contributed by atoms with Crippen LogP contribution in [0.15, 0.2) is 40.8 Å². The number of fused-ring (bicyclic) bond motifs is 2. The maximum Gasteiger partial charge on any atom is 0.298 e. The fourth-order valence-electron chi connectivity index (χ4n) is 3.80. The van der Waals surface area contributed by atoms with E-state index in [0.29, 0.717) is 59.2 Å². The summed E-state index contributed by atoms with van der Waals surface area (Å²) >= 11 is 0. The average Bonchev–Trinajstić information content (AvgIpc) is 3.22. The maximum absolute atomic E-state index is 12.7. The van der Waals surface area contributed by atoms with Gasteiger partial charge in [0.05, 0.1) is 6.10 Å². The summed E-state index contributed by atoms with van der Waals surface area (Å²) in [4.78, 5) is 19.4. The number of hydrogen-bond acceptors (Lipinski definition) is 7. The van der Waals surface area contributed by atoms with Crippen LogP contribution in [0.3, 0.4) is 0 Å². The molecule has 0 saturated carbocycles. The Hall–Kier alpha value is -3.26. The zero-order chi connectivity index (χ0) is 20.5. The minimum atomic E-state index is -0.225. The normalized spacial score (nSPS) is 16.6. The van der Waals surface area contributed by atoms with Gasteiger partial charge >= 0.3 is 0 Å². The number of anilines is 2. The molecule has 0 spiro atoms. The Labute approximate surface area is 173 Å². The van der Waals surface area contributed by atoms with Crippen LogP contribution in [0.5, 0.6) is 11.5 Å². The second-order valence-electron chi connectivity index (χ2n) is 7.41. The third-order valence-electron chi connectivity index (χ3n) is 5.48. The van der Waals surface area contributed by atoms with Crippen molar-refractivity contribution in [1.82, 2.24) is 4.98 Å². The number of carbonyl (C=O) groups is 1. The van der Waals surface area contributed by atoms with E-state index in [1.54, 1.807) is 25.3 Å². The topological polar surface area (TPSA) is 86.1 Å². The Bertz CT molecular complexity index is 1070. The van der Waals surface area contributed by atoms with Gasteiger partial charge in [0.25, 0.3) is 11.9 Å². The molecule has 1 aromatic heterocycles. The van der Waals surface area contributed by atoms with Crippen molar-refractivity contribution in [2.24, 2.45) is 0 Å². The van der Waals surface area contributed by atoms with Gasteiger partial charge in [0.1, 0.15) is 18.7 Å². The monoisotopic (exact) mass is 409 g/mol. The number of methoxy groups -OCH3 is 1. The van der Waals surface area contributed by atoms with Crippen molar-refractivity contribution in [2.45, 2.75) is 18.9 Å². The molecule has 1 fully saturated rings. The molecule has 0 atom stereocenters. The van der Waals surface area contributed by atoms with Crippen LogP contribution >= 0.6 is 0 Å². The second kappa shape index (κ2) is 7.87. The number of ether oxygens (including phenoxy) is 3. The summed E-state index contributed by atoms with van der Waals surface area (Å²) in [6.07, 6.45) is 2.20. The third-order valence-corrected chi connectivity index (χ3v) is 5.48. The molecule has 3 aromatic rings. The van der Waals surface area contributed by atoms with Gasteiger partial charge in [-0.2, -0.15) is 4.98 Å². The molecule has 0 unspecified atom stereocenters. The highest BCUT2D eigenvalue weighted by atomic mass is 16.6. The number of hydrogen-bond donors (Lipinski definition) is 1. The summed E-state index contributed by atoms with van der Waals surface area (Å²) in [5.74, 6) is 1.02. The van der Waals surface area contributed by atoms with E-state index in [1.807, 2.05) is 18.2 Å². The highest BCUT2D eigenvalue weighted by Crippen LogP contribution is 2.31. The van der Waals surface area contributed by atoms with Crippen molar-refractivity contribution in [3.63, 3.8) is 0 Å². The standard InChI is InChI=1S/C22H23N3O5/c1-27-16-6-8-25(9-7-16)22-24-17-13-15(3-5-18(17)30-22)23-21(26)14-2-4-19-20(12-14)29-11-10-28-19/h2-5,12-13,16H,6-11H2,1H3,(H,23,26). The number of nitrogens with zero attached hydrogens (tertiary/aromatic N) is 2. The van der Waals surface area contributed by atoms with Crippen LogP contribution < -0.4 is 19.7 Å². The van der Waals surface area contributed by atoms with Crippen LogP contribution in [0.2, 0.25) is 0 Å². The quantitative estimate of drug-likeness (QED) is 0.706. The molecule has 0 bridgehead atoms. The molecule has 2 aromatic carbocycles. The number of oxazole rings is 1. The van der Waals surface area contributed by atoms with Gasteiger partial charge in [-0.15, -0.1) is 0 Å². The van der Waals surface area contributed by atoms with Crippen LogP contribution in [0, 0.1) is 0 Å². The molecule has 3 heterocycles. The Morgan fingerprint density at radius 3 is 2.70 bits per heavy atom. The largest absolute Gasteiger partial charge is 0.486 e. The van der Waals surface area contributed by atoms with E-state index in [2.05, 4.69) is 15.2 Å². The molecule has 0 aliphatic carbocycles. The SMILES string of the molecule is COC1CCN(c2nc3cc(NC(=O)c4ccc5c(c4)OCCO5)ccc3o2)CC1. The lowest BCUT2D eigenvalue weighted by Gasteiger charge is -2.29. The number of amides is 1. The highest BCUT2D eigenvalue weighted by Gasteiger charge is 2.22. The minimum Gasteiger partial charge on any atom is -0.486 e. The van der Waals surface area contributed by atoms with Crippen molar-refractivity contribution in [3.8, 4) is 11.5 Å². The highest BCUT2D eigenvalue weighted by molar-refractivity contribution is 6.05. The summed E-state index contributed by atoms with van der Waals surface area (Å²) < 4.78 is 22.4. The van der Waals surface area contributed by atoms with Crippen LogP contribution in [-0.2, 0) is 4.74 Å². The van der Waals surface area contributed by atoms with Crippen molar-refractivity contribution < 1.29 is 23.4 Å². The molecule has 1 N–H and O–H groups in total. The number of rotatable bonds is 4. The fourth-order valence-corrected chi connectivity index (χ4v) is 3.80. The summed E-state index contributed by atoms with van der Waals surface area (Å²) in [5.41, 5.74) is 2.55. The van der Waals surface area contributed by atoms with Crippen molar-refractivity contribution in [3.05, 3.63) is 42.0 Å². The molecular formula is C22H23N3O5. The van der Waals surface area contributed by atoms with Gasteiger partial charge in [-0.3, -0.25) is 4.79 Å². The van der Waals surface area contributed by atoms with Crippen LogP contribution in [0.1, 0.15) is 23.2 Å². The lowest BCUT2D eigenvalue weighted by molar-refractivity contribution is 0.0811. The molecule has 8 nitrogen and oxygen atoms in total. The minimum absolute atomic E-state index is 0.225. The molecule has 30 heavy (non-hydrogen) atoms. The number of aromatic nitrogens is 1. The van der Waals surface area contributed by atoms with Gasteiger partial charge in [-0.1, -0.05) is 0 Å². The van der Waals surface area contributed by atoms with Gasteiger partial charge in [0.15, 0.2) is 17.1 Å². The molecule has 2 aliphatic rings. The van der Waals surface area contributed by atoms with Gasteiger partial charge < -0.3 is 28.8 Å². The smallest absolute Gasteiger partial charge is 0.298 e. The molecule has 8 heteroatoms. The molecule has 2 aliphatic heterocycles. The zero-order valence-corrected chi connectivity index (χ0v) is 16.7. The maximum atomic E-state index is 12.7. The summed E-state index contributed by atoms with van der Waals surface area (Å²) in [5, 5.41) is 2.91. The van der Waals surface area contributed by atoms with Crippen molar-refractivity contribution in [1.29, 1.82) is 0 Å². The lowest BCUT2D eigenvalue weighted by Crippen LogP contribution is -2.36. The third kappa shape index (κ3) is 3.66. The predicted molar refractivity (Wildman–Crippen MR) is 112 cm³/mol. The molecule has 1 saturated heterocycles. The van der Waals surface area contributed by atoms with E-state index in [9.17, 15) is 4.79 Å². The molecule has 5 rings (SSSR count). The first kappa shape index (κ1) is 18.7. The van der Waals surface area contributed by atoms with E-state index in [-0.39, 0.29) is 5.91 Å². The second-order valence-corrected chi connectivity index (χ2v) is 7.41. The van der Waals surface area contributed by atoms with Crippen LogP contribution in [0.25, 0.3) is 11.1 Å². The number of piperidine rings is 1. The average molecular weight is 409 g/mol. The molecule has 1 amide bonds. The van der Waals surface area contributed by atoms with Crippen molar-refractivity contribution in [2.75, 3.05) is 43.6 Å². The summed E-state index contributed by atoms with van der Waals surface area (Å²) in [6.45, 7) is 2.69. The number of nitrogens with one attached hydrogen (secondary N) is 1. The van der Waals surface area contributed by atoms with Gasteiger partial charge in [0.2, 0.25) is 0 Å². The number of benzene rings is 2. The van der Waals surface area contributed by atoms with Gasteiger partial charge in [-0.05, 0) is 49.2 Å². The number of carbonyl (C=O) groups excluding carboxylic acids is 1. The summed E-state index contributed by atoms with van der Waals surface area (Å²) in [6, 6.07) is 11.2. The van der Waals surface area contributed by atoms with E-state index in [4.69, 9.17) is 18.6 Å². The van der Waals surface area contributed by atoms with E-state index >= 15 is 0 Å². The first-order valence-corrected chi connectivity index (χ1v) is 10.1. The first-order chi connectivity index (χ1) is 14.7. The predicted octanol–water partition coefficient (Wildman–Crippen LogP) is 3.47. The Balaban J connectivity index is 1.31. The Kier molecular flexibility index (Phi) is 4.92. The van der Waals surface area contributed by atoms with E-state index in [1.165, 1.54) is 0 Å². The van der Waals surface area contributed by atoms with E-state index < -0.39 is 0 Å². The van der Waals surface area contributed by atoms with Crippen LogP contribution in [-0.4, -0.2) is 50.4 Å². The van der Waals surface area contributed by atoms with Crippen molar-refractivity contribution >= 4 is 28.7 Å². The van der Waals surface area contributed by atoms with Gasteiger partial charge in [-0.25, -0.2) is 0 Å². The van der Waals surface area contributed by atoms with E-state index in [0.717, 1.165) is 25.9 Å². The molecular weight excluding hydrogens is 386 g/mol. The molecule has 0 radical (unpaired) electrons. The lowest BCUT2D eigenvalue weighted by atomic mass is 10.1. The Morgan fingerprint density at radius 2 is 1.90 bits per heavy atom. The van der Waals surface area contributed by atoms with Gasteiger partial charge in [0, 0.05) is 31.5 Å². The molecule has 156 valence electrons. The zero-order valence-electron chi connectivity index (χ0n) is 16.7. The van der Waals surface area contributed by atoms with Crippen LogP contribution in [0.4, 0.5) is 11.7 Å².